The van der Waals surface area contributed by atoms with Gasteiger partial charge in [0.1, 0.15) is 0 Å². The summed E-state index contributed by atoms with van der Waals surface area (Å²) in [6.45, 7) is 6.32. The van der Waals surface area contributed by atoms with E-state index in [0.717, 1.165) is 41.4 Å². The highest BCUT2D eigenvalue weighted by molar-refractivity contribution is 5.12. The van der Waals surface area contributed by atoms with Crippen molar-refractivity contribution >= 4 is 0 Å². The molecular weight excluding hydrogens is 252 g/mol. The molecule has 0 saturated heterocycles. The summed E-state index contributed by atoms with van der Waals surface area (Å²) in [6, 6.07) is 0. The smallest absolute Gasteiger partial charge is 0.0197 e. The molecule has 0 aromatic carbocycles. The monoisotopic (exact) mass is 286 g/mol. The van der Waals surface area contributed by atoms with Gasteiger partial charge in [-0.15, -0.1) is 0 Å². The summed E-state index contributed by atoms with van der Waals surface area (Å²) >= 11 is 0. The molecule has 6 atom stereocenters. The molecule has 0 amide bonds. The second-order valence-electron chi connectivity index (χ2n) is 7.73. The van der Waals surface area contributed by atoms with E-state index < -0.39 is 0 Å². The third-order valence-corrected chi connectivity index (χ3v) is 6.50. The Morgan fingerprint density at radius 1 is 0.762 bits per heavy atom. The Labute approximate surface area is 132 Å². The van der Waals surface area contributed by atoms with Crippen LogP contribution >= 0.6 is 0 Å². The fourth-order valence-electron chi connectivity index (χ4n) is 5.25. The van der Waals surface area contributed by atoms with Crippen LogP contribution in [0.5, 0.6) is 0 Å². The molecule has 118 valence electrons. The van der Waals surface area contributed by atoms with Crippen molar-refractivity contribution in [2.45, 2.75) is 65.7 Å². The zero-order chi connectivity index (χ0) is 14.8. The van der Waals surface area contributed by atoms with Gasteiger partial charge >= 0.3 is 0 Å². The maximum atomic E-state index is 2.48. The first-order valence-corrected chi connectivity index (χ1v) is 9.70. The molecule has 0 aromatic rings. The Kier molecular flexibility index (Phi) is 4.92. The molecule has 0 nitrogen and oxygen atoms in total. The third-order valence-electron chi connectivity index (χ3n) is 6.50. The predicted octanol–water partition coefficient (Wildman–Crippen LogP) is 6.24. The Bertz CT molecular complexity index is 387. The van der Waals surface area contributed by atoms with Crippen molar-refractivity contribution in [1.82, 2.24) is 0 Å². The van der Waals surface area contributed by atoms with Gasteiger partial charge in [0.25, 0.3) is 0 Å². The van der Waals surface area contributed by atoms with E-state index >= 15 is 0 Å². The molecule has 0 radical (unpaired) electrons. The van der Waals surface area contributed by atoms with Crippen LogP contribution in [-0.2, 0) is 0 Å². The van der Waals surface area contributed by atoms with Crippen LogP contribution in [0, 0.1) is 41.4 Å². The molecule has 0 aliphatic heterocycles. The first-order valence-electron chi connectivity index (χ1n) is 9.70. The van der Waals surface area contributed by atoms with Crippen LogP contribution in [0.15, 0.2) is 24.3 Å². The van der Waals surface area contributed by atoms with Crippen molar-refractivity contribution in [3.05, 3.63) is 24.3 Å². The van der Waals surface area contributed by atoms with Crippen molar-refractivity contribution in [2.75, 3.05) is 0 Å². The van der Waals surface area contributed by atoms with E-state index in [9.17, 15) is 0 Å². The normalized spacial score (nSPS) is 44.3. The van der Waals surface area contributed by atoms with Crippen LogP contribution in [-0.4, -0.2) is 0 Å². The van der Waals surface area contributed by atoms with Crippen LogP contribution in [0.4, 0.5) is 0 Å². The fourth-order valence-corrected chi connectivity index (χ4v) is 5.25. The summed E-state index contributed by atoms with van der Waals surface area (Å²) in [5.41, 5.74) is 0. The van der Waals surface area contributed by atoms with Gasteiger partial charge in [-0.2, -0.15) is 0 Å². The minimum absolute atomic E-state index is 0.972. The minimum Gasteiger partial charge on any atom is -0.0851 e. The molecule has 5 aliphatic rings. The van der Waals surface area contributed by atoms with Gasteiger partial charge in [-0.1, -0.05) is 51.5 Å². The average molecular weight is 287 g/mol. The fraction of sp³-hybridized carbons (Fsp3) is 0.810. The molecule has 3 saturated carbocycles. The van der Waals surface area contributed by atoms with Gasteiger partial charge < -0.3 is 0 Å². The summed E-state index contributed by atoms with van der Waals surface area (Å²) in [5, 5.41) is 0. The number of fused-ring (bicyclic) bond motifs is 4. The van der Waals surface area contributed by atoms with E-state index in [1.54, 1.807) is 12.8 Å². The first-order chi connectivity index (χ1) is 10.3. The van der Waals surface area contributed by atoms with Crippen molar-refractivity contribution < 1.29 is 0 Å². The van der Waals surface area contributed by atoms with Gasteiger partial charge in [-0.3, -0.25) is 0 Å². The molecule has 0 heteroatoms. The van der Waals surface area contributed by atoms with E-state index in [2.05, 4.69) is 31.2 Å². The third kappa shape index (κ3) is 3.30. The number of allylic oxidation sites excluding steroid dienone is 4. The Hall–Kier alpha value is -0.520. The zero-order valence-electron chi connectivity index (χ0n) is 14.3. The topological polar surface area (TPSA) is 0 Å². The zero-order valence-corrected chi connectivity index (χ0v) is 14.3. The Morgan fingerprint density at radius 3 is 1.71 bits per heavy atom. The lowest BCUT2D eigenvalue weighted by atomic mass is 9.89. The largest absolute Gasteiger partial charge is 0.0851 e. The standard InChI is InChI=1S/C10H14.C9H14.C2H6/c1-2-9-5-7(1)6-10(9)8-3-4-8;1-2-8-5-7-3-4-9(8)6-7;1-2/h1-2,7-10H,3-6H2;3-4,7-9H,2,5-6H2,1H3;1-2H3. The molecule has 0 heterocycles. The summed E-state index contributed by atoms with van der Waals surface area (Å²) < 4.78 is 0. The lowest BCUT2D eigenvalue weighted by molar-refractivity contribution is 0.394. The van der Waals surface area contributed by atoms with E-state index in [1.165, 1.54) is 32.1 Å². The van der Waals surface area contributed by atoms with Crippen LogP contribution in [0.3, 0.4) is 0 Å². The average Bonchev–Trinajstić information content (AvgIpc) is 2.95. The Balaban J connectivity index is 0.000000114. The maximum Gasteiger partial charge on any atom is -0.0197 e. The first kappa shape index (κ1) is 15.4. The molecule has 3 fully saturated rings. The molecule has 0 spiro atoms. The number of hydrogen-bond acceptors (Lipinski definition) is 0. The van der Waals surface area contributed by atoms with Gasteiger partial charge in [0.05, 0.1) is 0 Å². The maximum absolute atomic E-state index is 2.48. The van der Waals surface area contributed by atoms with Gasteiger partial charge in [-0.05, 0) is 80.0 Å². The SMILES string of the molecule is C1=CC2CC1CC2C1CC1.CC.CCC1CC2C=CC1C2. The molecule has 4 bridgehead atoms. The lowest BCUT2D eigenvalue weighted by Gasteiger charge is -2.16. The lowest BCUT2D eigenvalue weighted by Crippen LogP contribution is -2.08. The molecule has 0 N–H and O–H groups in total. The molecule has 21 heavy (non-hydrogen) atoms. The van der Waals surface area contributed by atoms with Gasteiger partial charge in [0, 0.05) is 0 Å². The second kappa shape index (κ2) is 6.71. The van der Waals surface area contributed by atoms with Crippen molar-refractivity contribution in [2.24, 2.45) is 41.4 Å². The quantitative estimate of drug-likeness (QED) is 0.527. The van der Waals surface area contributed by atoms with Crippen LogP contribution < -0.4 is 0 Å². The van der Waals surface area contributed by atoms with E-state index in [4.69, 9.17) is 0 Å². The summed E-state index contributed by atoms with van der Waals surface area (Å²) in [7, 11) is 0. The van der Waals surface area contributed by atoms with Crippen LogP contribution in [0.1, 0.15) is 65.7 Å². The van der Waals surface area contributed by atoms with Crippen LogP contribution in [0.2, 0.25) is 0 Å². The van der Waals surface area contributed by atoms with Gasteiger partial charge in [0.15, 0.2) is 0 Å². The van der Waals surface area contributed by atoms with E-state index in [1.807, 2.05) is 13.8 Å². The highest BCUT2D eigenvalue weighted by Gasteiger charge is 2.43. The molecule has 6 unspecified atom stereocenters. The molecule has 0 aromatic heterocycles. The summed E-state index contributed by atoms with van der Waals surface area (Å²) in [5.74, 6) is 7.27. The van der Waals surface area contributed by atoms with Gasteiger partial charge in [0.2, 0.25) is 0 Å². The van der Waals surface area contributed by atoms with Crippen molar-refractivity contribution in [3.8, 4) is 0 Å². The van der Waals surface area contributed by atoms with E-state index in [0.29, 0.717) is 0 Å². The molecule has 5 rings (SSSR count). The van der Waals surface area contributed by atoms with Crippen molar-refractivity contribution in [1.29, 1.82) is 0 Å². The summed E-state index contributed by atoms with van der Waals surface area (Å²) in [4.78, 5) is 0. The number of rotatable bonds is 2. The van der Waals surface area contributed by atoms with Crippen LogP contribution in [0.25, 0.3) is 0 Å². The highest BCUT2D eigenvalue weighted by Crippen LogP contribution is 2.53. The molecule has 5 aliphatic carbocycles. The van der Waals surface area contributed by atoms with Gasteiger partial charge in [-0.25, -0.2) is 0 Å². The van der Waals surface area contributed by atoms with Crippen molar-refractivity contribution in [3.63, 3.8) is 0 Å². The Morgan fingerprint density at radius 2 is 1.38 bits per heavy atom. The summed E-state index contributed by atoms with van der Waals surface area (Å²) in [6.07, 6.45) is 20.2. The van der Waals surface area contributed by atoms with E-state index in [-0.39, 0.29) is 0 Å². The highest BCUT2D eigenvalue weighted by atomic mass is 14.5. The second-order valence-corrected chi connectivity index (χ2v) is 7.73. The predicted molar refractivity (Wildman–Crippen MR) is 92.1 cm³/mol. The minimum atomic E-state index is 0.972. The number of hydrogen-bond donors (Lipinski definition) is 0. The molecular formula is C21H34.